The standard InChI is InChI=1S/C19H20O/c20-19(16-9-5-4-8-15(16)14-10-11-14)18-12-17(18)13-6-2-1-3-7-13/h1-9,14,17-20H,10-12H2. The van der Waals surface area contributed by atoms with Crippen molar-refractivity contribution < 1.29 is 5.11 Å². The lowest BCUT2D eigenvalue weighted by Crippen LogP contribution is -2.04. The minimum Gasteiger partial charge on any atom is -0.388 e. The largest absolute Gasteiger partial charge is 0.388 e. The first-order chi connectivity index (χ1) is 9.84. The Balaban J connectivity index is 1.56. The minimum absolute atomic E-state index is 0.294. The second-order valence-corrected chi connectivity index (χ2v) is 6.26. The number of benzene rings is 2. The summed E-state index contributed by atoms with van der Waals surface area (Å²) in [6, 6.07) is 19.1. The number of aliphatic hydroxyl groups excluding tert-OH is 1. The number of hydrogen-bond acceptors (Lipinski definition) is 1. The van der Waals surface area contributed by atoms with E-state index in [2.05, 4.69) is 54.6 Å². The van der Waals surface area contributed by atoms with Crippen molar-refractivity contribution in [3.63, 3.8) is 0 Å². The summed E-state index contributed by atoms with van der Waals surface area (Å²) in [6.45, 7) is 0. The van der Waals surface area contributed by atoms with Crippen molar-refractivity contribution in [1.29, 1.82) is 0 Å². The van der Waals surface area contributed by atoms with E-state index >= 15 is 0 Å². The van der Waals surface area contributed by atoms with Crippen LogP contribution in [0.15, 0.2) is 54.6 Å². The molecule has 1 nitrogen and oxygen atoms in total. The van der Waals surface area contributed by atoms with E-state index in [4.69, 9.17) is 0 Å². The Kier molecular flexibility index (Phi) is 2.89. The van der Waals surface area contributed by atoms with Crippen molar-refractivity contribution in [1.82, 2.24) is 0 Å². The zero-order chi connectivity index (χ0) is 13.5. The Bertz CT molecular complexity index is 600. The van der Waals surface area contributed by atoms with Crippen LogP contribution >= 0.6 is 0 Å². The van der Waals surface area contributed by atoms with Gasteiger partial charge in [-0.15, -0.1) is 0 Å². The Hall–Kier alpha value is -1.60. The molecule has 3 atom stereocenters. The molecule has 0 amide bonds. The van der Waals surface area contributed by atoms with E-state index in [9.17, 15) is 5.11 Å². The van der Waals surface area contributed by atoms with Gasteiger partial charge in [-0.25, -0.2) is 0 Å². The second kappa shape index (κ2) is 4.75. The average molecular weight is 264 g/mol. The highest BCUT2D eigenvalue weighted by Gasteiger charge is 2.44. The summed E-state index contributed by atoms with van der Waals surface area (Å²) >= 11 is 0. The van der Waals surface area contributed by atoms with Gasteiger partial charge in [0.1, 0.15) is 0 Å². The van der Waals surface area contributed by atoms with Gasteiger partial charge in [0.2, 0.25) is 0 Å². The van der Waals surface area contributed by atoms with Crippen molar-refractivity contribution in [2.45, 2.75) is 37.2 Å². The van der Waals surface area contributed by atoms with Crippen LogP contribution in [0.1, 0.15) is 53.9 Å². The molecule has 2 saturated carbocycles. The fraction of sp³-hybridized carbons (Fsp3) is 0.368. The van der Waals surface area contributed by atoms with Gasteiger partial charge in [0.15, 0.2) is 0 Å². The molecular weight excluding hydrogens is 244 g/mol. The first kappa shape index (κ1) is 12.2. The third-order valence-corrected chi connectivity index (χ3v) is 4.80. The Labute approximate surface area is 120 Å². The normalized spacial score (nSPS) is 26.2. The van der Waals surface area contributed by atoms with Gasteiger partial charge in [0.05, 0.1) is 6.10 Å². The summed E-state index contributed by atoms with van der Waals surface area (Å²) in [4.78, 5) is 0. The molecule has 2 aliphatic carbocycles. The summed E-state index contributed by atoms with van der Waals surface area (Å²) < 4.78 is 0. The number of rotatable bonds is 4. The van der Waals surface area contributed by atoms with Gasteiger partial charge < -0.3 is 5.11 Å². The van der Waals surface area contributed by atoms with E-state index in [0.717, 1.165) is 6.42 Å². The summed E-state index contributed by atoms with van der Waals surface area (Å²) in [5, 5.41) is 10.7. The fourth-order valence-electron chi connectivity index (χ4n) is 3.42. The first-order valence-electron chi connectivity index (χ1n) is 7.66. The average Bonchev–Trinajstić information content (AvgIpc) is 3.41. The van der Waals surface area contributed by atoms with Crippen molar-refractivity contribution in [3.8, 4) is 0 Å². The van der Waals surface area contributed by atoms with Crippen molar-refractivity contribution in [2.75, 3.05) is 0 Å². The number of aliphatic hydroxyl groups is 1. The van der Waals surface area contributed by atoms with Crippen LogP contribution in [0.25, 0.3) is 0 Å². The maximum atomic E-state index is 10.7. The summed E-state index contributed by atoms with van der Waals surface area (Å²) in [5.74, 6) is 1.64. The molecule has 0 spiro atoms. The van der Waals surface area contributed by atoms with Gasteiger partial charge in [-0.3, -0.25) is 0 Å². The lowest BCUT2D eigenvalue weighted by molar-refractivity contribution is 0.150. The summed E-state index contributed by atoms with van der Waals surface area (Å²) in [6.07, 6.45) is 3.40. The van der Waals surface area contributed by atoms with Crippen LogP contribution in [-0.4, -0.2) is 5.11 Å². The van der Waals surface area contributed by atoms with Gasteiger partial charge in [-0.05, 0) is 53.7 Å². The smallest absolute Gasteiger partial charge is 0.0827 e. The van der Waals surface area contributed by atoms with E-state index < -0.39 is 0 Å². The first-order valence-corrected chi connectivity index (χ1v) is 7.66. The predicted molar refractivity (Wildman–Crippen MR) is 80.7 cm³/mol. The molecule has 0 aromatic heterocycles. The molecule has 0 bridgehead atoms. The topological polar surface area (TPSA) is 20.2 Å². The van der Waals surface area contributed by atoms with E-state index in [1.807, 2.05) is 0 Å². The molecule has 0 saturated heterocycles. The minimum atomic E-state index is -0.294. The highest BCUT2D eigenvalue weighted by atomic mass is 16.3. The van der Waals surface area contributed by atoms with E-state index in [-0.39, 0.29) is 6.10 Å². The highest BCUT2D eigenvalue weighted by molar-refractivity contribution is 5.37. The van der Waals surface area contributed by atoms with Crippen LogP contribution < -0.4 is 0 Å². The third-order valence-electron chi connectivity index (χ3n) is 4.80. The van der Waals surface area contributed by atoms with Crippen LogP contribution in [0, 0.1) is 5.92 Å². The Morgan fingerprint density at radius 2 is 1.60 bits per heavy atom. The van der Waals surface area contributed by atoms with Gasteiger partial charge in [-0.2, -0.15) is 0 Å². The third kappa shape index (κ3) is 2.16. The lowest BCUT2D eigenvalue weighted by atomic mass is 9.95. The molecule has 102 valence electrons. The molecule has 0 radical (unpaired) electrons. The zero-order valence-corrected chi connectivity index (χ0v) is 11.6. The molecule has 1 heteroatoms. The van der Waals surface area contributed by atoms with Crippen LogP contribution in [0.3, 0.4) is 0 Å². The van der Waals surface area contributed by atoms with Crippen LogP contribution in [0.2, 0.25) is 0 Å². The molecular formula is C19H20O. The van der Waals surface area contributed by atoms with Crippen molar-refractivity contribution >= 4 is 0 Å². The van der Waals surface area contributed by atoms with Crippen LogP contribution in [-0.2, 0) is 0 Å². The molecule has 4 rings (SSSR count). The molecule has 0 heterocycles. The maximum absolute atomic E-state index is 10.7. The Morgan fingerprint density at radius 3 is 2.35 bits per heavy atom. The second-order valence-electron chi connectivity index (χ2n) is 6.26. The SMILES string of the molecule is OC(c1ccccc1C1CC1)C1CC1c1ccccc1. The molecule has 2 aromatic rings. The van der Waals surface area contributed by atoms with Gasteiger partial charge in [0, 0.05) is 0 Å². The highest BCUT2D eigenvalue weighted by Crippen LogP contribution is 2.55. The monoisotopic (exact) mass is 264 g/mol. The maximum Gasteiger partial charge on any atom is 0.0827 e. The van der Waals surface area contributed by atoms with E-state index in [1.54, 1.807) is 0 Å². The van der Waals surface area contributed by atoms with Crippen LogP contribution in [0.4, 0.5) is 0 Å². The lowest BCUT2D eigenvalue weighted by Gasteiger charge is -2.15. The van der Waals surface area contributed by atoms with Crippen LogP contribution in [0.5, 0.6) is 0 Å². The molecule has 1 N–H and O–H groups in total. The molecule has 2 aromatic carbocycles. The quantitative estimate of drug-likeness (QED) is 0.867. The molecule has 3 unspecified atom stereocenters. The molecule has 20 heavy (non-hydrogen) atoms. The van der Waals surface area contributed by atoms with Gasteiger partial charge in [0.25, 0.3) is 0 Å². The summed E-state index contributed by atoms with van der Waals surface area (Å²) in [5.41, 5.74) is 3.94. The number of hydrogen-bond donors (Lipinski definition) is 1. The molecule has 2 fully saturated rings. The fourth-order valence-corrected chi connectivity index (χ4v) is 3.42. The molecule has 0 aliphatic heterocycles. The van der Waals surface area contributed by atoms with Gasteiger partial charge >= 0.3 is 0 Å². The van der Waals surface area contributed by atoms with E-state index in [0.29, 0.717) is 17.8 Å². The van der Waals surface area contributed by atoms with E-state index in [1.165, 1.54) is 29.5 Å². The van der Waals surface area contributed by atoms with Gasteiger partial charge in [-0.1, -0.05) is 54.6 Å². The molecule has 2 aliphatic rings. The predicted octanol–water partition coefficient (Wildman–Crippen LogP) is 4.40. The van der Waals surface area contributed by atoms with Crippen molar-refractivity contribution in [3.05, 3.63) is 71.3 Å². The Morgan fingerprint density at radius 1 is 0.900 bits per heavy atom. The zero-order valence-electron chi connectivity index (χ0n) is 11.6. The van der Waals surface area contributed by atoms with Crippen molar-refractivity contribution in [2.24, 2.45) is 5.92 Å². The summed E-state index contributed by atoms with van der Waals surface area (Å²) in [7, 11) is 0.